The molecule has 1 atom stereocenters. The zero-order chi connectivity index (χ0) is 13.7. The Morgan fingerprint density at radius 3 is 2.63 bits per heavy atom. The Hall–Kier alpha value is -0.960. The van der Waals surface area contributed by atoms with E-state index < -0.39 is 0 Å². The van der Waals surface area contributed by atoms with Crippen LogP contribution in [0.15, 0.2) is 53.4 Å². The number of rotatable bonds is 5. The molecule has 0 heterocycles. The fourth-order valence-corrected chi connectivity index (χ4v) is 3.33. The second-order valence-corrected chi connectivity index (χ2v) is 6.05. The van der Waals surface area contributed by atoms with Gasteiger partial charge in [-0.1, -0.05) is 47.5 Å². The molecule has 3 heteroatoms. The third-order valence-electron chi connectivity index (χ3n) is 3.01. The van der Waals surface area contributed by atoms with E-state index in [9.17, 15) is 0 Å². The van der Waals surface area contributed by atoms with Crippen molar-refractivity contribution in [3.63, 3.8) is 0 Å². The maximum atomic E-state index is 6.00. The van der Waals surface area contributed by atoms with Gasteiger partial charge in [-0.2, -0.15) is 0 Å². The van der Waals surface area contributed by atoms with Crippen molar-refractivity contribution in [2.45, 2.75) is 17.9 Å². The van der Waals surface area contributed by atoms with Crippen LogP contribution in [0.3, 0.4) is 0 Å². The Balaban J connectivity index is 2.04. The highest BCUT2D eigenvalue weighted by atomic mass is 35.5. The third kappa shape index (κ3) is 4.27. The van der Waals surface area contributed by atoms with Crippen molar-refractivity contribution in [1.82, 2.24) is 5.32 Å². The van der Waals surface area contributed by atoms with Gasteiger partial charge >= 0.3 is 0 Å². The predicted octanol–water partition coefficient (Wildman–Crippen LogP) is 4.70. The molecule has 0 fully saturated rings. The quantitative estimate of drug-likeness (QED) is 0.801. The van der Waals surface area contributed by atoms with Crippen LogP contribution >= 0.6 is 23.4 Å². The van der Waals surface area contributed by atoms with Crippen LogP contribution in [0.1, 0.15) is 17.2 Å². The maximum absolute atomic E-state index is 6.00. The Morgan fingerprint density at radius 2 is 1.95 bits per heavy atom. The first-order chi connectivity index (χ1) is 9.19. The van der Waals surface area contributed by atoms with Crippen LogP contribution in [0.25, 0.3) is 0 Å². The van der Waals surface area contributed by atoms with Gasteiger partial charge in [-0.15, -0.1) is 11.8 Å². The first-order valence-corrected chi connectivity index (χ1v) is 7.67. The largest absolute Gasteiger partial charge is 0.312 e. The number of benzene rings is 2. The van der Waals surface area contributed by atoms with Crippen molar-refractivity contribution in [3.8, 4) is 0 Å². The number of halogens is 1. The van der Waals surface area contributed by atoms with Gasteiger partial charge in [0.05, 0.1) is 0 Å². The molecule has 2 aromatic carbocycles. The summed E-state index contributed by atoms with van der Waals surface area (Å²) in [4.78, 5) is 1.21. The molecular formula is C16H18ClNS. The molecule has 0 aromatic heterocycles. The summed E-state index contributed by atoms with van der Waals surface area (Å²) in [5, 5.41) is 4.17. The smallest absolute Gasteiger partial charge is 0.0417 e. The van der Waals surface area contributed by atoms with E-state index in [1.165, 1.54) is 16.0 Å². The summed E-state index contributed by atoms with van der Waals surface area (Å²) < 4.78 is 0. The summed E-state index contributed by atoms with van der Waals surface area (Å²) in [6, 6.07) is 17.0. The van der Waals surface area contributed by atoms with Gasteiger partial charge in [0.25, 0.3) is 0 Å². The predicted molar refractivity (Wildman–Crippen MR) is 85.2 cm³/mol. The fraction of sp³-hybridized carbons (Fsp3) is 0.250. The summed E-state index contributed by atoms with van der Waals surface area (Å²) in [6.45, 7) is 2.13. The molecular weight excluding hydrogens is 274 g/mol. The summed E-state index contributed by atoms with van der Waals surface area (Å²) in [6.07, 6.45) is 0. The average molecular weight is 292 g/mol. The molecule has 0 aliphatic heterocycles. The Kier molecular flexibility index (Phi) is 5.32. The van der Waals surface area contributed by atoms with Crippen molar-refractivity contribution >= 4 is 23.4 Å². The van der Waals surface area contributed by atoms with E-state index in [1.54, 1.807) is 0 Å². The molecule has 1 nitrogen and oxygen atoms in total. The van der Waals surface area contributed by atoms with Crippen molar-refractivity contribution in [3.05, 3.63) is 64.7 Å². The van der Waals surface area contributed by atoms with Crippen molar-refractivity contribution in [2.24, 2.45) is 0 Å². The van der Waals surface area contributed by atoms with Gasteiger partial charge in [0.1, 0.15) is 0 Å². The van der Waals surface area contributed by atoms with Crippen LogP contribution in [0.2, 0.25) is 5.02 Å². The number of aryl methyl sites for hydroxylation is 1. The highest BCUT2D eigenvalue weighted by Gasteiger charge is 2.09. The standard InChI is InChI=1S/C16H18ClNS/c1-12-5-3-6-13(9-12)16(18-2)11-19-15-8-4-7-14(17)10-15/h3-10,16,18H,11H2,1-2H3. The van der Waals surface area contributed by atoms with Gasteiger partial charge in [0.2, 0.25) is 0 Å². The van der Waals surface area contributed by atoms with Crippen LogP contribution in [0, 0.1) is 6.92 Å². The highest BCUT2D eigenvalue weighted by molar-refractivity contribution is 7.99. The lowest BCUT2D eigenvalue weighted by atomic mass is 10.1. The number of nitrogens with one attached hydrogen (secondary N) is 1. The minimum Gasteiger partial charge on any atom is -0.312 e. The second-order valence-electron chi connectivity index (χ2n) is 4.52. The van der Waals surface area contributed by atoms with E-state index in [4.69, 9.17) is 11.6 Å². The first kappa shape index (κ1) is 14.4. The summed E-state index contributed by atoms with van der Waals surface area (Å²) in [7, 11) is 2.01. The summed E-state index contributed by atoms with van der Waals surface area (Å²) in [5.74, 6) is 0.986. The molecule has 0 saturated carbocycles. The molecule has 1 N–H and O–H groups in total. The van der Waals surface area contributed by atoms with Gasteiger partial charge in [-0.3, -0.25) is 0 Å². The third-order valence-corrected chi connectivity index (χ3v) is 4.33. The molecule has 1 unspecified atom stereocenters. The van der Waals surface area contributed by atoms with E-state index in [0.29, 0.717) is 6.04 Å². The molecule has 0 aliphatic rings. The highest BCUT2D eigenvalue weighted by Crippen LogP contribution is 2.26. The lowest BCUT2D eigenvalue weighted by Gasteiger charge is -2.17. The van der Waals surface area contributed by atoms with Crippen LogP contribution in [0.5, 0.6) is 0 Å². The number of hydrogen-bond donors (Lipinski definition) is 1. The van der Waals surface area contributed by atoms with E-state index in [1.807, 2.05) is 37.0 Å². The molecule has 19 heavy (non-hydrogen) atoms. The van der Waals surface area contributed by atoms with E-state index in [0.717, 1.165) is 10.8 Å². The van der Waals surface area contributed by atoms with E-state index in [2.05, 4.69) is 42.6 Å². The average Bonchev–Trinajstić information content (AvgIpc) is 2.40. The number of thioether (sulfide) groups is 1. The molecule has 2 rings (SSSR count). The molecule has 0 spiro atoms. The zero-order valence-electron chi connectivity index (χ0n) is 11.2. The zero-order valence-corrected chi connectivity index (χ0v) is 12.8. The van der Waals surface area contributed by atoms with Crippen LogP contribution in [-0.4, -0.2) is 12.8 Å². The monoisotopic (exact) mass is 291 g/mol. The summed E-state index contributed by atoms with van der Waals surface area (Å²) >= 11 is 7.82. The summed E-state index contributed by atoms with van der Waals surface area (Å²) in [5.41, 5.74) is 2.63. The molecule has 0 amide bonds. The molecule has 2 aromatic rings. The minimum atomic E-state index is 0.351. The van der Waals surface area contributed by atoms with Crippen molar-refractivity contribution in [2.75, 3.05) is 12.8 Å². The Morgan fingerprint density at radius 1 is 1.16 bits per heavy atom. The van der Waals surface area contributed by atoms with Crippen LogP contribution in [-0.2, 0) is 0 Å². The molecule has 0 aliphatic carbocycles. The van der Waals surface area contributed by atoms with Crippen LogP contribution < -0.4 is 5.32 Å². The normalized spacial score (nSPS) is 12.4. The fourth-order valence-electron chi connectivity index (χ4n) is 1.97. The van der Waals surface area contributed by atoms with Gasteiger partial charge in [0, 0.05) is 21.7 Å². The van der Waals surface area contributed by atoms with E-state index >= 15 is 0 Å². The lowest BCUT2D eigenvalue weighted by molar-refractivity contribution is 0.661. The van der Waals surface area contributed by atoms with Gasteiger partial charge in [0.15, 0.2) is 0 Å². The molecule has 0 radical (unpaired) electrons. The molecule has 100 valence electrons. The molecule has 0 saturated heterocycles. The number of hydrogen-bond acceptors (Lipinski definition) is 2. The Labute approximate surface area is 124 Å². The van der Waals surface area contributed by atoms with Gasteiger partial charge < -0.3 is 5.32 Å². The van der Waals surface area contributed by atoms with E-state index in [-0.39, 0.29) is 0 Å². The topological polar surface area (TPSA) is 12.0 Å². The molecule has 0 bridgehead atoms. The SMILES string of the molecule is CNC(CSc1cccc(Cl)c1)c1cccc(C)c1. The maximum Gasteiger partial charge on any atom is 0.0417 e. The first-order valence-electron chi connectivity index (χ1n) is 6.31. The van der Waals surface area contributed by atoms with Crippen LogP contribution in [0.4, 0.5) is 0 Å². The minimum absolute atomic E-state index is 0.351. The van der Waals surface area contributed by atoms with Crippen molar-refractivity contribution in [1.29, 1.82) is 0 Å². The van der Waals surface area contributed by atoms with Crippen molar-refractivity contribution < 1.29 is 0 Å². The second kappa shape index (κ2) is 6.99. The lowest BCUT2D eigenvalue weighted by Crippen LogP contribution is -2.18. The Bertz CT molecular complexity index is 542. The van der Waals surface area contributed by atoms with Gasteiger partial charge in [-0.25, -0.2) is 0 Å². The van der Waals surface area contributed by atoms with Gasteiger partial charge in [-0.05, 0) is 37.7 Å².